The predicted molar refractivity (Wildman–Crippen MR) is 110 cm³/mol. The number of benzene rings is 2. The number of rotatable bonds is 7. The van der Waals surface area contributed by atoms with E-state index in [2.05, 4.69) is 10.6 Å². The van der Waals surface area contributed by atoms with E-state index in [1.165, 1.54) is 25.3 Å². The van der Waals surface area contributed by atoms with E-state index >= 15 is 0 Å². The van der Waals surface area contributed by atoms with Crippen LogP contribution in [0.5, 0.6) is 5.75 Å². The van der Waals surface area contributed by atoms with Gasteiger partial charge in [-0.15, -0.1) is 0 Å². The first-order valence-electron chi connectivity index (χ1n) is 9.26. The molecule has 9 nitrogen and oxygen atoms in total. The summed E-state index contributed by atoms with van der Waals surface area (Å²) in [6.45, 7) is 2.98. The van der Waals surface area contributed by atoms with Crippen molar-refractivity contribution in [2.45, 2.75) is 19.8 Å². The molecule has 0 radical (unpaired) electrons. The number of amides is 2. The molecule has 2 aromatic carbocycles. The first kappa shape index (κ1) is 20.1. The number of anilines is 3. The Labute approximate surface area is 167 Å². The summed E-state index contributed by atoms with van der Waals surface area (Å²) in [6.07, 6.45) is 1.30. The van der Waals surface area contributed by atoms with Gasteiger partial charge in [-0.2, -0.15) is 0 Å². The number of methoxy groups -OCH3 is 1. The van der Waals surface area contributed by atoms with E-state index in [9.17, 15) is 19.7 Å². The minimum atomic E-state index is -0.528. The van der Waals surface area contributed by atoms with Crippen molar-refractivity contribution in [3.05, 3.63) is 52.1 Å². The molecule has 0 saturated carbocycles. The molecule has 152 valence electrons. The number of carbonyl (C=O) groups excluding carboxylic acids is 2. The van der Waals surface area contributed by atoms with Crippen LogP contribution in [0.15, 0.2) is 36.4 Å². The molecule has 1 saturated heterocycles. The highest BCUT2D eigenvalue weighted by atomic mass is 16.6. The summed E-state index contributed by atoms with van der Waals surface area (Å²) in [4.78, 5) is 37.0. The van der Waals surface area contributed by atoms with Crippen LogP contribution in [0.3, 0.4) is 0 Å². The lowest BCUT2D eigenvalue weighted by atomic mass is 10.1. The number of carbonyl (C=O) groups is 2. The van der Waals surface area contributed by atoms with E-state index in [0.717, 1.165) is 6.42 Å². The average Bonchev–Trinajstić information content (AvgIpc) is 3.13. The van der Waals surface area contributed by atoms with Gasteiger partial charge in [0.1, 0.15) is 11.4 Å². The summed E-state index contributed by atoms with van der Waals surface area (Å²) >= 11 is 0. The highest BCUT2D eigenvalue weighted by Crippen LogP contribution is 2.34. The Morgan fingerprint density at radius 3 is 2.69 bits per heavy atom. The van der Waals surface area contributed by atoms with Crippen molar-refractivity contribution in [1.29, 1.82) is 0 Å². The van der Waals surface area contributed by atoms with Crippen LogP contribution < -0.4 is 20.3 Å². The Kier molecular flexibility index (Phi) is 5.96. The van der Waals surface area contributed by atoms with Gasteiger partial charge in [-0.25, -0.2) is 0 Å². The zero-order valence-electron chi connectivity index (χ0n) is 16.2. The first-order chi connectivity index (χ1) is 13.9. The molecule has 9 heteroatoms. The third-order valence-corrected chi connectivity index (χ3v) is 4.63. The molecule has 0 spiro atoms. The lowest BCUT2D eigenvalue weighted by molar-refractivity contribution is -0.384. The molecule has 1 heterocycles. The summed E-state index contributed by atoms with van der Waals surface area (Å²) in [5.41, 5.74) is 1.46. The van der Waals surface area contributed by atoms with E-state index in [4.69, 9.17) is 4.74 Å². The Bertz CT molecular complexity index is 960. The summed E-state index contributed by atoms with van der Waals surface area (Å²) in [7, 11) is 1.49. The Hall–Kier alpha value is -3.62. The number of nitrogens with one attached hydrogen (secondary N) is 2. The first-order valence-corrected chi connectivity index (χ1v) is 9.26. The van der Waals surface area contributed by atoms with Gasteiger partial charge in [-0.1, -0.05) is 0 Å². The number of nitro benzene ring substituents is 1. The highest BCUT2D eigenvalue weighted by Gasteiger charge is 2.25. The van der Waals surface area contributed by atoms with Crippen molar-refractivity contribution in [2.75, 3.05) is 35.7 Å². The van der Waals surface area contributed by atoms with Gasteiger partial charge in [-0.3, -0.25) is 19.7 Å². The van der Waals surface area contributed by atoms with Crippen LogP contribution in [-0.2, 0) is 4.79 Å². The van der Waals surface area contributed by atoms with Crippen molar-refractivity contribution in [1.82, 2.24) is 0 Å². The molecule has 1 aliphatic heterocycles. The zero-order valence-corrected chi connectivity index (χ0v) is 16.2. The molecule has 1 aliphatic rings. The zero-order chi connectivity index (χ0) is 21.0. The maximum absolute atomic E-state index is 12.6. The lowest BCUT2D eigenvalue weighted by Gasteiger charge is -2.19. The van der Waals surface area contributed by atoms with Crippen LogP contribution in [0, 0.1) is 10.1 Å². The fourth-order valence-corrected chi connectivity index (χ4v) is 3.25. The van der Waals surface area contributed by atoms with Crippen LogP contribution in [0.4, 0.5) is 22.7 Å². The van der Waals surface area contributed by atoms with Crippen molar-refractivity contribution in [3.8, 4) is 5.75 Å². The molecular weight excluding hydrogens is 376 g/mol. The molecule has 1 fully saturated rings. The molecule has 0 bridgehead atoms. The van der Waals surface area contributed by atoms with Crippen LogP contribution in [0.2, 0.25) is 0 Å². The summed E-state index contributed by atoms with van der Waals surface area (Å²) in [5, 5.41) is 16.9. The van der Waals surface area contributed by atoms with Gasteiger partial charge in [0.25, 0.3) is 11.6 Å². The maximum atomic E-state index is 12.6. The highest BCUT2D eigenvalue weighted by molar-refractivity contribution is 6.05. The third kappa shape index (κ3) is 4.29. The SMILES string of the molecule is CCNc1ccc(C(=O)Nc2ccc(N3CCCC3=O)c(OC)c2)cc1[N+](=O)[O-]. The Morgan fingerprint density at radius 1 is 1.28 bits per heavy atom. The minimum absolute atomic E-state index is 0.0353. The molecular formula is C20H22N4O5. The number of nitro groups is 1. The van der Waals surface area contributed by atoms with Crippen molar-refractivity contribution < 1.29 is 19.2 Å². The van der Waals surface area contributed by atoms with Crippen LogP contribution in [0.25, 0.3) is 0 Å². The molecule has 2 amide bonds. The summed E-state index contributed by atoms with van der Waals surface area (Å²) in [6, 6.07) is 9.28. The Balaban J connectivity index is 1.82. The number of ether oxygens (including phenoxy) is 1. The molecule has 29 heavy (non-hydrogen) atoms. The second-order valence-electron chi connectivity index (χ2n) is 6.51. The number of hydrogen-bond donors (Lipinski definition) is 2. The predicted octanol–water partition coefficient (Wildman–Crippen LogP) is 3.41. The van der Waals surface area contributed by atoms with Crippen LogP contribution in [-0.4, -0.2) is 36.9 Å². The summed E-state index contributed by atoms with van der Waals surface area (Å²) < 4.78 is 5.38. The molecule has 0 aromatic heterocycles. The van der Waals surface area contributed by atoms with Crippen molar-refractivity contribution in [3.63, 3.8) is 0 Å². The fourth-order valence-electron chi connectivity index (χ4n) is 3.25. The van der Waals surface area contributed by atoms with E-state index < -0.39 is 10.8 Å². The smallest absolute Gasteiger partial charge is 0.293 e. The van der Waals surface area contributed by atoms with Gasteiger partial charge in [0.15, 0.2) is 0 Å². The molecule has 2 aromatic rings. The molecule has 0 unspecified atom stereocenters. The average molecular weight is 398 g/mol. The van der Waals surface area contributed by atoms with E-state index in [-0.39, 0.29) is 17.2 Å². The topological polar surface area (TPSA) is 114 Å². The normalized spacial score (nSPS) is 13.3. The van der Waals surface area contributed by atoms with E-state index in [0.29, 0.717) is 42.3 Å². The largest absolute Gasteiger partial charge is 0.494 e. The van der Waals surface area contributed by atoms with Crippen LogP contribution >= 0.6 is 0 Å². The number of nitrogens with zero attached hydrogens (tertiary/aromatic N) is 2. The van der Waals surface area contributed by atoms with Gasteiger partial charge in [0.05, 0.1) is 17.7 Å². The quantitative estimate of drug-likeness (QED) is 0.546. The third-order valence-electron chi connectivity index (χ3n) is 4.63. The fraction of sp³-hybridized carbons (Fsp3) is 0.300. The second kappa shape index (κ2) is 8.59. The van der Waals surface area contributed by atoms with E-state index in [1.54, 1.807) is 23.1 Å². The van der Waals surface area contributed by atoms with Gasteiger partial charge in [-0.05, 0) is 37.6 Å². The van der Waals surface area contributed by atoms with Gasteiger partial charge in [0, 0.05) is 42.9 Å². The molecule has 2 N–H and O–H groups in total. The standard InChI is InChI=1S/C20H22N4O5/c1-3-21-15-8-6-13(11-17(15)24(27)28)20(26)22-14-7-9-16(18(12-14)29-2)23-10-4-5-19(23)25/h6-9,11-12,21H,3-5,10H2,1-2H3,(H,22,26). The minimum Gasteiger partial charge on any atom is -0.494 e. The van der Waals surface area contributed by atoms with Crippen molar-refractivity contribution >= 4 is 34.6 Å². The second-order valence-corrected chi connectivity index (χ2v) is 6.51. The van der Waals surface area contributed by atoms with Crippen molar-refractivity contribution in [2.24, 2.45) is 0 Å². The van der Waals surface area contributed by atoms with Gasteiger partial charge < -0.3 is 20.3 Å². The maximum Gasteiger partial charge on any atom is 0.293 e. The van der Waals surface area contributed by atoms with Gasteiger partial charge in [0.2, 0.25) is 5.91 Å². The van der Waals surface area contributed by atoms with Crippen LogP contribution in [0.1, 0.15) is 30.1 Å². The summed E-state index contributed by atoms with van der Waals surface area (Å²) in [5.74, 6) is 0.0166. The molecule has 3 rings (SSSR count). The molecule has 0 aliphatic carbocycles. The number of hydrogen-bond acceptors (Lipinski definition) is 6. The van der Waals surface area contributed by atoms with Gasteiger partial charge >= 0.3 is 0 Å². The lowest BCUT2D eigenvalue weighted by Crippen LogP contribution is -2.24. The Morgan fingerprint density at radius 2 is 2.07 bits per heavy atom. The monoisotopic (exact) mass is 398 g/mol. The molecule has 0 atom stereocenters. The van der Waals surface area contributed by atoms with E-state index in [1.807, 2.05) is 6.92 Å².